The maximum Gasteiger partial charge on any atom is 0.0634 e. The number of likely N-dealkylation sites (tertiary alicyclic amines) is 1. The van der Waals surface area contributed by atoms with Crippen molar-refractivity contribution in [2.75, 3.05) is 19.7 Å². The number of hydrogen-bond acceptors (Lipinski definition) is 3. The summed E-state index contributed by atoms with van der Waals surface area (Å²) in [6, 6.07) is 1.96. The summed E-state index contributed by atoms with van der Waals surface area (Å²) in [4.78, 5) is 6.33. The van der Waals surface area contributed by atoms with Gasteiger partial charge in [-0.15, -0.1) is 0 Å². The molecule has 0 amide bonds. The molecule has 1 saturated heterocycles. The molecule has 1 aromatic rings. The molecule has 0 radical (unpaired) electrons. The maximum atomic E-state index is 9.17. The fourth-order valence-corrected chi connectivity index (χ4v) is 2.40. The molecule has 1 aliphatic rings. The van der Waals surface area contributed by atoms with Crippen molar-refractivity contribution in [1.29, 1.82) is 0 Å². The van der Waals surface area contributed by atoms with Crippen LogP contribution in [0.15, 0.2) is 18.5 Å². The molecule has 1 N–H and O–H groups in total. The zero-order valence-corrected chi connectivity index (χ0v) is 10.0. The molecule has 4 heteroatoms. The van der Waals surface area contributed by atoms with Crippen molar-refractivity contribution in [3.63, 3.8) is 0 Å². The van der Waals surface area contributed by atoms with E-state index < -0.39 is 0 Å². The van der Waals surface area contributed by atoms with E-state index in [1.165, 1.54) is 0 Å². The highest BCUT2D eigenvalue weighted by Crippen LogP contribution is 2.21. The number of piperidine rings is 1. The second kappa shape index (κ2) is 5.62. The Morgan fingerprint density at radius 1 is 1.56 bits per heavy atom. The van der Waals surface area contributed by atoms with Gasteiger partial charge >= 0.3 is 0 Å². The molecule has 1 aromatic heterocycles. The van der Waals surface area contributed by atoms with Crippen LogP contribution in [0.5, 0.6) is 0 Å². The number of hydrogen-bond donors (Lipinski definition) is 1. The van der Waals surface area contributed by atoms with Gasteiger partial charge in [0.2, 0.25) is 0 Å². The minimum Gasteiger partial charge on any atom is -0.396 e. The highest BCUT2D eigenvalue weighted by molar-refractivity contribution is 6.31. The van der Waals surface area contributed by atoms with Crippen molar-refractivity contribution >= 4 is 11.6 Å². The standard InChI is InChI=1S/C12H17ClN2O/c13-12-6-14-4-3-11(12)8-15-5-1-2-10(7-15)9-16/h3-4,6,10,16H,1-2,5,7-9H2. The number of pyridine rings is 1. The van der Waals surface area contributed by atoms with E-state index in [4.69, 9.17) is 16.7 Å². The van der Waals surface area contributed by atoms with Crippen LogP contribution in [0.25, 0.3) is 0 Å². The molecule has 1 atom stereocenters. The Morgan fingerprint density at radius 2 is 2.44 bits per heavy atom. The molecule has 16 heavy (non-hydrogen) atoms. The smallest absolute Gasteiger partial charge is 0.0634 e. The highest BCUT2D eigenvalue weighted by atomic mass is 35.5. The monoisotopic (exact) mass is 240 g/mol. The Labute approximate surface area is 101 Å². The van der Waals surface area contributed by atoms with Crippen molar-refractivity contribution in [3.8, 4) is 0 Å². The van der Waals surface area contributed by atoms with Crippen molar-refractivity contribution < 1.29 is 5.11 Å². The van der Waals surface area contributed by atoms with Gasteiger partial charge in [0, 0.05) is 32.1 Å². The Hall–Kier alpha value is -0.640. The molecule has 1 aliphatic heterocycles. The van der Waals surface area contributed by atoms with E-state index in [2.05, 4.69) is 9.88 Å². The van der Waals surface area contributed by atoms with Crippen LogP contribution >= 0.6 is 11.6 Å². The van der Waals surface area contributed by atoms with Gasteiger partial charge in [0.1, 0.15) is 0 Å². The average Bonchev–Trinajstić information content (AvgIpc) is 2.32. The van der Waals surface area contributed by atoms with Gasteiger partial charge in [0.05, 0.1) is 5.02 Å². The third-order valence-corrected chi connectivity index (χ3v) is 3.45. The zero-order valence-electron chi connectivity index (χ0n) is 9.27. The lowest BCUT2D eigenvalue weighted by molar-refractivity contribution is 0.116. The molecule has 0 saturated carbocycles. The molecule has 2 rings (SSSR count). The minimum absolute atomic E-state index is 0.292. The fourth-order valence-electron chi connectivity index (χ4n) is 2.22. The van der Waals surface area contributed by atoms with Crippen LogP contribution in [0.2, 0.25) is 5.02 Å². The van der Waals surface area contributed by atoms with E-state index in [9.17, 15) is 0 Å². The average molecular weight is 241 g/mol. The summed E-state index contributed by atoms with van der Waals surface area (Å²) in [6.07, 6.45) is 5.75. The van der Waals surface area contributed by atoms with Gasteiger partial charge < -0.3 is 5.11 Å². The number of aromatic nitrogens is 1. The van der Waals surface area contributed by atoms with Gasteiger partial charge in [-0.2, -0.15) is 0 Å². The summed E-state index contributed by atoms with van der Waals surface area (Å²) >= 11 is 6.08. The van der Waals surface area contributed by atoms with Crippen molar-refractivity contribution in [2.24, 2.45) is 5.92 Å². The lowest BCUT2D eigenvalue weighted by Crippen LogP contribution is -2.36. The number of halogens is 1. The quantitative estimate of drug-likeness (QED) is 0.877. The lowest BCUT2D eigenvalue weighted by Gasteiger charge is -2.31. The first-order valence-corrected chi connectivity index (χ1v) is 6.09. The van der Waals surface area contributed by atoms with Crippen LogP contribution in [-0.4, -0.2) is 34.7 Å². The predicted octanol–water partition coefficient (Wildman–Crippen LogP) is 1.94. The van der Waals surface area contributed by atoms with Gasteiger partial charge in [-0.1, -0.05) is 11.6 Å². The summed E-state index contributed by atoms with van der Waals surface area (Å²) in [5, 5.41) is 9.90. The van der Waals surface area contributed by atoms with E-state index in [0.29, 0.717) is 12.5 Å². The fraction of sp³-hybridized carbons (Fsp3) is 0.583. The first kappa shape index (κ1) is 11.8. The van der Waals surface area contributed by atoms with Crippen LogP contribution in [0.1, 0.15) is 18.4 Å². The first-order chi connectivity index (χ1) is 7.79. The third kappa shape index (κ3) is 2.94. The molecule has 1 unspecified atom stereocenters. The highest BCUT2D eigenvalue weighted by Gasteiger charge is 2.19. The largest absolute Gasteiger partial charge is 0.396 e. The van der Waals surface area contributed by atoms with E-state index in [1.54, 1.807) is 12.4 Å². The van der Waals surface area contributed by atoms with Crippen LogP contribution in [0, 0.1) is 5.92 Å². The van der Waals surface area contributed by atoms with Gasteiger partial charge in [-0.05, 0) is 36.9 Å². The first-order valence-electron chi connectivity index (χ1n) is 5.71. The van der Waals surface area contributed by atoms with Gasteiger partial charge in [-0.25, -0.2) is 0 Å². The Morgan fingerprint density at radius 3 is 3.19 bits per heavy atom. The summed E-state index contributed by atoms with van der Waals surface area (Å²) < 4.78 is 0. The number of nitrogens with zero attached hydrogens (tertiary/aromatic N) is 2. The second-order valence-electron chi connectivity index (χ2n) is 4.39. The lowest BCUT2D eigenvalue weighted by atomic mass is 9.99. The number of aliphatic hydroxyl groups is 1. The van der Waals surface area contributed by atoms with E-state index in [0.717, 1.165) is 43.1 Å². The van der Waals surface area contributed by atoms with Gasteiger partial charge in [-0.3, -0.25) is 9.88 Å². The predicted molar refractivity (Wildman–Crippen MR) is 64.3 cm³/mol. The summed E-state index contributed by atoms with van der Waals surface area (Å²) in [5.41, 5.74) is 1.12. The SMILES string of the molecule is OCC1CCCN(Cc2ccncc2Cl)C1. The van der Waals surface area contributed by atoms with Crippen molar-refractivity contribution in [3.05, 3.63) is 29.0 Å². The maximum absolute atomic E-state index is 9.17. The molecule has 88 valence electrons. The zero-order chi connectivity index (χ0) is 11.4. The Balaban J connectivity index is 1.97. The summed E-state index contributed by atoms with van der Waals surface area (Å²) in [7, 11) is 0. The molecular weight excluding hydrogens is 224 g/mol. The van der Waals surface area contributed by atoms with Crippen molar-refractivity contribution in [1.82, 2.24) is 9.88 Å². The number of rotatable bonds is 3. The minimum atomic E-state index is 0.292. The molecule has 0 aromatic carbocycles. The summed E-state index contributed by atoms with van der Waals surface area (Å²) in [6.45, 7) is 3.21. The third-order valence-electron chi connectivity index (χ3n) is 3.11. The molecule has 3 nitrogen and oxygen atoms in total. The molecule has 2 heterocycles. The van der Waals surface area contributed by atoms with Crippen LogP contribution in [0.3, 0.4) is 0 Å². The van der Waals surface area contributed by atoms with Crippen LogP contribution in [-0.2, 0) is 6.54 Å². The summed E-state index contributed by atoms with van der Waals surface area (Å²) in [5.74, 6) is 0.425. The molecule has 1 fully saturated rings. The van der Waals surface area contributed by atoms with Gasteiger partial charge in [0.15, 0.2) is 0 Å². The molecule has 0 aliphatic carbocycles. The second-order valence-corrected chi connectivity index (χ2v) is 4.80. The molecular formula is C12H17ClN2O. The number of aliphatic hydroxyl groups excluding tert-OH is 1. The van der Waals surface area contributed by atoms with Crippen LogP contribution < -0.4 is 0 Å². The van der Waals surface area contributed by atoms with Crippen LogP contribution in [0.4, 0.5) is 0 Å². The van der Waals surface area contributed by atoms with E-state index in [1.807, 2.05) is 6.07 Å². The van der Waals surface area contributed by atoms with Gasteiger partial charge in [0.25, 0.3) is 0 Å². The molecule has 0 spiro atoms. The van der Waals surface area contributed by atoms with E-state index in [-0.39, 0.29) is 0 Å². The van der Waals surface area contributed by atoms with Crippen molar-refractivity contribution in [2.45, 2.75) is 19.4 Å². The Bertz CT molecular complexity index is 346. The molecule has 0 bridgehead atoms. The topological polar surface area (TPSA) is 36.4 Å². The van der Waals surface area contributed by atoms with E-state index >= 15 is 0 Å². The Kier molecular flexibility index (Phi) is 4.16. The normalized spacial score (nSPS) is 22.2.